The van der Waals surface area contributed by atoms with Gasteiger partial charge in [-0.3, -0.25) is 4.79 Å². The second kappa shape index (κ2) is 10.5. The first-order valence-corrected chi connectivity index (χ1v) is 14.3. The lowest BCUT2D eigenvalue weighted by Gasteiger charge is -2.46. The number of sulfonamides is 1. The van der Waals surface area contributed by atoms with Gasteiger partial charge in [-0.1, -0.05) is 58.6 Å². The first-order chi connectivity index (χ1) is 16.0. The Kier molecular flexibility index (Phi) is 8.29. The second-order valence-electron chi connectivity index (χ2n) is 11.2. The molecule has 190 valence electrons. The summed E-state index contributed by atoms with van der Waals surface area (Å²) >= 11 is 0. The number of aryl methyl sites for hydroxylation is 1. The highest BCUT2D eigenvalue weighted by atomic mass is 32.2. The van der Waals surface area contributed by atoms with Gasteiger partial charge in [-0.2, -0.15) is 4.72 Å². The van der Waals surface area contributed by atoms with Crippen LogP contribution in [0.5, 0.6) is 0 Å². The van der Waals surface area contributed by atoms with E-state index in [2.05, 4.69) is 23.9 Å². The van der Waals surface area contributed by atoms with Crippen LogP contribution in [0.4, 0.5) is 0 Å². The van der Waals surface area contributed by atoms with Gasteiger partial charge in [0.25, 0.3) is 0 Å². The molecular weight excluding hydrogens is 448 g/mol. The predicted molar refractivity (Wildman–Crippen MR) is 135 cm³/mol. The van der Waals surface area contributed by atoms with Crippen LogP contribution < -0.4 is 10.0 Å². The Labute approximate surface area is 205 Å². The molecule has 2 aliphatic rings. The maximum absolute atomic E-state index is 13.9. The fourth-order valence-electron chi connectivity index (χ4n) is 6.29. The van der Waals surface area contributed by atoms with E-state index in [0.717, 1.165) is 56.8 Å². The average Bonchev–Trinajstić information content (AvgIpc) is 2.78. The van der Waals surface area contributed by atoms with E-state index in [1.54, 1.807) is 19.1 Å². The van der Waals surface area contributed by atoms with Crippen LogP contribution in [-0.2, 0) is 19.6 Å². The molecule has 34 heavy (non-hydrogen) atoms. The molecule has 2 saturated carbocycles. The van der Waals surface area contributed by atoms with Gasteiger partial charge in [0.2, 0.25) is 15.9 Å². The molecule has 0 aromatic heterocycles. The minimum absolute atomic E-state index is 0.0653. The van der Waals surface area contributed by atoms with E-state index in [1.807, 2.05) is 19.9 Å². The summed E-state index contributed by atoms with van der Waals surface area (Å²) < 4.78 is 29.9. The minimum atomic E-state index is -3.87. The minimum Gasteiger partial charge on any atom is -0.351 e. The Morgan fingerprint density at radius 3 is 2.44 bits per heavy atom. The van der Waals surface area contributed by atoms with E-state index in [4.69, 9.17) is 0 Å². The lowest BCUT2D eigenvalue weighted by molar-refractivity contribution is -0.131. The van der Waals surface area contributed by atoms with Crippen LogP contribution in [0, 0.1) is 31.1 Å². The van der Waals surface area contributed by atoms with Gasteiger partial charge in [0, 0.05) is 11.5 Å². The number of benzene rings is 1. The normalized spacial score (nSPS) is 29.4. The highest BCUT2D eigenvalue weighted by Crippen LogP contribution is 2.43. The number of nitrogens with one attached hydrogen (secondary N) is 2. The molecule has 0 bridgehead atoms. The zero-order valence-electron chi connectivity index (χ0n) is 21.4. The van der Waals surface area contributed by atoms with Gasteiger partial charge in [0.1, 0.15) is 11.8 Å². The number of hydrogen-bond acceptors (Lipinski definition) is 4. The lowest BCUT2D eigenvalue weighted by Crippen LogP contribution is -2.63. The Bertz CT molecular complexity index is 1000. The van der Waals surface area contributed by atoms with Crippen molar-refractivity contribution >= 4 is 22.2 Å². The zero-order valence-corrected chi connectivity index (χ0v) is 22.3. The van der Waals surface area contributed by atoms with E-state index >= 15 is 0 Å². The van der Waals surface area contributed by atoms with Crippen molar-refractivity contribution in [1.82, 2.24) is 10.0 Å². The molecule has 3 rings (SSSR count). The third-order valence-electron chi connectivity index (χ3n) is 8.20. The van der Waals surface area contributed by atoms with Gasteiger partial charge >= 0.3 is 0 Å². The summed E-state index contributed by atoms with van der Waals surface area (Å²) in [7, 11) is -3.87. The molecule has 0 spiro atoms. The Morgan fingerprint density at radius 1 is 1.15 bits per heavy atom. The molecule has 7 heteroatoms. The van der Waals surface area contributed by atoms with Crippen molar-refractivity contribution in [1.29, 1.82) is 0 Å². The standard InChI is InChI=1S/C27H42N2O4S/c1-6-11-22-17-26(5,18-30)16-20(3)24(22)28-25(31)27(14-8-7-9-15-27)29-34(32,33)23-13-10-12-19(2)21(23)4/h10,12-13,18,20,22,24,29H,6-9,11,14-17H2,1-5H3,(H,28,31)/t20?,22?,24?,26-/m1/s1. The van der Waals surface area contributed by atoms with Crippen LogP contribution >= 0.6 is 0 Å². The summed E-state index contributed by atoms with van der Waals surface area (Å²) in [6.07, 6.45) is 8.06. The fraction of sp³-hybridized carbons (Fsp3) is 0.704. The van der Waals surface area contributed by atoms with Gasteiger partial charge in [-0.05, 0) is 75.0 Å². The third kappa shape index (κ3) is 5.56. The number of rotatable bonds is 8. The van der Waals surface area contributed by atoms with Crippen LogP contribution in [0.1, 0.15) is 89.7 Å². The molecular formula is C27H42N2O4S. The van der Waals surface area contributed by atoms with Crippen molar-refractivity contribution in [3.8, 4) is 0 Å². The Morgan fingerprint density at radius 2 is 1.82 bits per heavy atom. The first kappa shape index (κ1) is 26.9. The quantitative estimate of drug-likeness (QED) is 0.511. The number of carbonyl (C=O) groups is 2. The summed E-state index contributed by atoms with van der Waals surface area (Å²) in [5.74, 6) is 0.124. The molecule has 3 unspecified atom stereocenters. The third-order valence-corrected chi connectivity index (χ3v) is 9.88. The van der Waals surface area contributed by atoms with E-state index < -0.39 is 15.6 Å². The van der Waals surface area contributed by atoms with Crippen molar-refractivity contribution in [3.05, 3.63) is 29.3 Å². The van der Waals surface area contributed by atoms with Gasteiger partial charge in [0.15, 0.2) is 0 Å². The SMILES string of the molecule is CCCC1C[C@](C)(C=O)CC(C)C1NC(=O)C1(NS(=O)(=O)c2cccc(C)c2C)CCCCC1. The van der Waals surface area contributed by atoms with Crippen LogP contribution in [0.3, 0.4) is 0 Å². The molecule has 1 aromatic carbocycles. The molecule has 2 N–H and O–H groups in total. The first-order valence-electron chi connectivity index (χ1n) is 12.8. The molecule has 0 aliphatic heterocycles. The van der Waals surface area contributed by atoms with E-state index in [9.17, 15) is 18.0 Å². The Balaban J connectivity index is 1.89. The number of carbonyl (C=O) groups excluding carboxylic acids is 2. The van der Waals surface area contributed by atoms with Crippen LogP contribution in [0.15, 0.2) is 23.1 Å². The number of amides is 1. The maximum atomic E-state index is 13.9. The van der Waals surface area contributed by atoms with Crippen LogP contribution in [0.25, 0.3) is 0 Å². The summed E-state index contributed by atoms with van der Waals surface area (Å²) in [6.45, 7) is 9.93. The molecule has 1 amide bonds. The predicted octanol–water partition coefficient (Wildman–Crippen LogP) is 4.82. The van der Waals surface area contributed by atoms with E-state index in [-0.39, 0.29) is 34.1 Å². The molecule has 6 nitrogen and oxygen atoms in total. The van der Waals surface area contributed by atoms with Gasteiger partial charge < -0.3 is 10.1 Å². The molecule has 1 aromatic rings. The summed E-state index contributed by atoms with van der Waals surface area (Å²) in [5.41, 5.74) is 0.0998. The van der Waals surface area contributed by atoms with Crippen molar-refractivity contribution in [2.24, 2.45) is 17.3 Å². The zero-order chi connectivity index (χ0) is 25.1. The van der Waals surface area contributed by atoms with Gasteiger partial charge in [0.05, 0.1) is 4.90 Å². The van der Waals surface area contributed by atoms with Crippen LogP contribution in [0.2, 0.25) is 0 Å². The highest BCUT2D eigenvalue weighted by molar-refractivity contribution is 7.89. The molecule has 4 atom stereocenters. The summed E-state index contributed by atoms with van der Waals surface area (Å²) in [4.78, 5) is 25.9. The van der Waals surface area contributed by atoms with Gasteiger partial charge in [-0.15, -0.1) is 0 Å². The highest BCUT2D eigenvalue weighted by Gasteiger charge is 2.47. The van der Waals surface area contributed by atoms with Crippen LogP contribution in [-0.4, -0.2) is 32.2 Å². The van der Waals surface area contributed by atoms with Crippen molar-refractivity contribution < 1.29 is 18.0 Å². The molecule has 2 fully saturated rings. The van der Waals surface area contributed by atoms with Crippen molar-refractivity contribution in [2.75, 3.05) is 0 Å². The van der Waals surface area contributed by atoms with E-state index in [1.165, 1.54) is 0 Å². The second-order valence-corrected chi connectivity index (χ2v) is 12.8. The van der Waals surface area contributed by atoms with Gasteiger partial charge in [-0.25, -0.2) is 8.42 Å². The van der Waals surface area contributed by atoms with E-state index in [0.29, 0.717) is 18.4 Å². The fourth-order valence-corrected chi connectivity index (χ4v) is 8.04. The number of hydrogen-bond donors (Lipinski definition) is 2. The largest absolute Gasteiger partial charge is 0.351 e. The molecule has 0 heterocycles. The number of aldehydes is 1. The molecule has 0 saturated heterocycles. The molecule has 0 radical (unpaired) electrons. The maximum Gasteiger partial charge on any atom is 0.241 e. The monoisotopic (exact) mass is 490 g/mol. The lowest BCUT2D eigenvalue weighted by atomic mass is 9.64. The summed E-state index contributed by atoms with van der Waals surface area (Å²) in [6, 6.07) is 5.18. The topological polar surface area (TPSA) is 92.3 Å². The van der Waals surface area contributed by atoms with Crippen molar-refractivity contribution in [3.63, 3.8) is 0 Å². The van der Waals surface area contributed by atoms with Crippen molar-refractivity contribution in [2.45, 2.75) is 109 Å². The summed E-state index contributed by atoms with van der Waals surface area (Å²) in [5, 5.41) is 3.29. The Hall–Kier alpha value is -1.73. The smallest absolute Gasteiger partial charge is 0.241 e. The average molecular weight is 491 g/mol. The molecule has 2 aliphatic carbocycles.